The normalized spacial score (nSPS) is 9.89. The van der Waals surface area contributed by atoms with E-state index in [1.54, 1.807) is 30.3 Å². The van der Waals surface area contributed by atoms with Gasteiger partial charge in [-0.1, -0.05) is 18.2 Å². The summed E-state index contributed by atoms with van der Waals surface area (Å²) < 4.78 is 32.8. The van der Waals surface area contributed by atoms with E-state index in [4.69, 9.17) is 10.00 Å². The summed E-state index contributed by atoms with van der Waals surface area (Å²) >= 11 is 0. The van der Waals surface area contributed by atoms with E-state index < -0.39 is 11.6 Å². The van der Waals surface area contributed by atoms with Gasteiger partial charge in [-0.15, -0.1) is 0 Å². The van der Waals surface area contributed by atoms with Crippen LogP contribution in [-0.2, 0) is 0 Å². The fourth-order valence-corrected chi connectivity index (χ4v) is 1.75. The molecule has 18 heavy (non-hydrogen) atoms. The lowest BCUT2D eigenvalue weighted by Gasteiger charge is -2.10. The summed E-state index contributed by atoms with van der Waals surface area (Å²) in [4.78, 5) is 0. The molecule has 0 saturated heterocycles. The van der Waals surface area contributed by atoms with Gasteiger partial charge in [0.1, 0.15) is 17.4 Å². The summed E-state index contributed by atoms with van der Waals surface area (Å²) in [5, 5.41) is 8.64. The lowest BCUT2D eigenvalue weighted by Crippen LogP contribution is -1.95. The minimum Gasteiger partial charge on any atom is -0.496 e. The number of rotatable bonds is 2. The van der Waals surface area contributed by atoms with Gasteiger partial charge in [0.15, 0.2) is 0 Å². The zero-order valence-corrected chi connectivity index (χ0v) is 9.58. The van der Waals surface area contributed by atoms with E-state index in [2.05, 4.69) is 0 Å². The molecule has 2 aromatic rings. The molecule has 0 fully saturated rings. The van der Waals surface area contributed by atoms with Crippen molar-refractivity contribution in [1.29, 1.82) is 5.26 Å². The number of para-hydroxylation sites is 1. The van der Waals surface area contributed by atoms with Crippen LogP contribution in [0.25, 0.3) is 11.1 Å². The van der Waals surface area contributed by atoms with Crippen LogP contribution in [0.1, 0.15) is 5.56 Å². The monoisotopic (exact) mass is 245 g/mol. The van der Waals surface area contributed by atoms with Gasteiger partial charge < -0.3 is 4.74 Å². The summed E-state index contributed by atoms with van der Waals surface area (Å²) in [5.41, 5.74) is 0.0783. The van der Waals surface area contributed by atoms with Crippen LogP contribution in [-0.4, -0.2) is 7.11 Å². The number of hydrogen-bond acceptors (Lipinski definition) is 2. The Balaban J connectivity index is 2.69. The summed E-state index contributed by atoms with van der Waals surface area (Å²) in [5.74, 6) is -1.19. The maximum Gasteiger partial charge on any atom is 0.135 e. The Bertz CT molecular complexity index is 609. The van der Waals surface area contributed by atoms with E-state index in [1.807, 2.05) is 0 Å². The summed E-state index contributed by atoms with van der Waals surface area (Å²) in [7, 11) is 1.43. The number of nitrogens with zero attached hydrogens (tertiary/aromatic N) is 1. The molecule has 0 heterocycles. The fraction of sp³-hybridized carbons (Fsp3) is 0.0714. The van der Waals surface area contributed by atoms with Crippen LogP contribution >= 0.6 is 0 Å². The van der Waals surface area contributed by atoms with Gasteiger partial charge >= 0.3 is 0 Å². The second kappa shape index (κ2) is 4.84. The first-order valence-corrected chi connectivity index (χ1v) is 5.20. The van der Waals surface area contributed by atoms with Crippen LogP contribution in [0.5, 0.6) is 5.75 Å². The number of methoxy groups -OCH3 is 1. The molecule has 0 aliphatic rings. The fourth-order valence-electron chi connectivity index (χ4n) is 1.75. The zero-order valence-electron chi connectivity index (χ0n) is 9.58. The Morgan fingerprint density at radius 1 is 1.11 bits per heavy atom. The van der Waals surface area contributed by atoms with Crippen LogP contribution in [0.4, 0.5) is 8.78 Å². The molecule has 90 valence electrons. The number of benzene rings is 2. The molecule has 0 bridgehead atoms. The SMILES string of the molecule is COc1ccccc1-c1c(F)cc(C#N)cc1F. The van der Waals surface area contributed by atoms with Crippen molar-refractivity contribution in [3.8, 4) is 22.9 Å². The van der Waals surface area contributed by atoms with Crippen molar-refractivity contribution in [2.75, 3.05) is 7.11 Å². The highest BCUT2D eigenvalue weighted by molar-refractivity contribution is 5.72. The van der Waals surface area contributed by atoms with E-state index in [1.165, 1.54) is 7.11 Å². The molecule has 2 nitrogen and oxygen atoms in total. The van der Waals surface area contributed by atoms with Gasteiger partial charge in [0, 0.05) is 5.56 Å². The first-order valence-electron chi connectivity index (χ1n) is 5.20. The summed E-state index contributed by atoms with van der Waals surface area (Å²) in [6.45, 7) is 0. The molecule has 0 spiro atoms. The van der Waals surface area contributed by atoms with Gasteiger partial charge in [0.05, 0.1) is 24.3 Å². The van der Waals surface area contributed by atoms with Crippen molar-refractivity contribution >= 4 is 0 Å². The van der Waals surface area contributed by atoms with Crippen LogP contribution in [0.15, 0.2) is 36.4 Å². The Kier molecular flexibility index (Phi) is 3.24. The highest BCUT2D eigenvalue weighted by Gasteiger charge is 2.16. The van der Waals surface area contributed by atoms with E-state index >= 15 is 0 Å². The highest BCUT2D eigenvalue weighted by Crippen LogP contribution is 2.33. The quantitative estimate of drug-likeness (QED) is 0.811. The van der Waals surface area contributed by atoms with Gasteiger partial charge in [0.25, 0.3) is 0 Å². The molecule has 0 unspecified atom stereocenters. The molecule has 0 saturated carbocycles. The number of halogens is 2. The second-order valence-electron chi connectivity index (χ2n) is 3.63. The van der Waals surface area contributed by atoms with Gasteiger partial charge in [-0.3, -0.25) is 0 Å². The van der Waals surface area contributed by atoms with Crippen LogP contribution < -0.4 is 4.74 Å². The van der Waals surface area contributed by atoms with Crippen molar-refractivity contribution in [3.63, 3.8) is 0 Å². The number of nitriles is 1. The van der Waals surface area contributed by atoms with Crippen molar-refractivity contribution < 1.29 is 13.5 Å². The van der Waals surface area contributed by atoms with Crippen LogP contribution in [0, 0.1) is 23.0 Å². The predicted octanol–water partition coefficient (Wildman–Crippen LogP) is 3.51. The van der Waals surface area contributed by atoms with Crippen molar-refractivity contribution in [2.24, 2.45) is 0 Å². The van der Waals surface area contributed by atoms with E-state index in [0.29, 0.717) is 11.3 Å². The minimum atomic E-state index is -0.781. The maximum absolute atomic E-state index is 13.9. The smallest absolute Gasteiger partial charge is 0.135 e. The molecule has 0 radical (unpaired) electrons. The highest BCUT2D eigenvalue weighted by atomic mass is 19.1. The van der Waals surface area contributed by atoms with E-state index in [0.717, 1.165) is 12.1 Å². The molecular formula is C14H9F2NO. The largest absolute Gasteiger partial charge is 0.496 e. The van der Waals surface area contributed by atoms with Crippen LogP contribution in [0.2, 0.25) is 0 Å². The number of hydrogen-bond donors (Lipinski definition) is 0. The summed E-state index contributed by atoms with van der Waals surface area (Å²) in [6, 6.07) is 10.3. The first kappa shape index (κ1) is 12.1. The molecule has 0 atom stereocenters. The first-order chi connectivity index (χ1) is 8.67. The lowest BCUT2D eigenvalue weighted by molar-refractivity contribution is 0.415. The standard InChI is InChI=1S/C14H9F2NO/c1-18-13-5-3-2-4-10(13)14-11(15)6-9(8-17)7-12(14)16/h2-7H,1H3. The molecule has 0 amide bonds. The minimum absolute atomic E-state index is 0.0522. The predicted molar refractivity (Wildman–Crippen MR) is 63.1 cm³/mol. The van der Waals surface area contributed by atoms with Gasteiger partial charge in [-0.05, 0) is 18.2 Å². The van der Waals surface area contributed by atoms with E-state index in [9.17, 15) is 8.78 Å². The lowest BCUT2D eigenvalue weighted by atomic mass is 10.0. The average Bonchev–Trinajstić information content (AvgIpc) is 2.38. The molecule has 4 heteroatoms. The molecule has 0 aliphatic carbocycles. The average molecular weight is 245 g/mol. The summed E-state index contributed by atoms with van der Waals surface area (Å²) in [6.07, 6.45) is 0. The maximum atomic E-state index is 13.9. The Labute approximate surface area is 103 Å². The third-order valence-electron chi connectivity index (χ3n) is 2.55. The van der Waals surface area contributed by atoms with Crippen LogP contribution in [0.3, 0.4) is 0 Å². The van der Waals surface area contributed by atoms with E-state index in [-0.39, 0.29) is 11.1 Å². The third-order valence-corrected chi connectivity index (χ3v) is 2.55. The Morgan fingerprint density at radius 3 is 2.28 bits per heavy atom. The van der Waals surface area contributed by atoms with Gasteiger partial charge in [0.2, 0.25) is 0 Å². The molecule has 2 rings (SSSR count). The van der Waals surface area contributed by atoms with Crippen molar-refractivity contribution in [3.05, 3.63) is 53.6 Å². The zero-order chi connectivity index (χ0) is 13.1. The molecule has 0 aromatic heterocycles. The van der Waals surface area contributed by atoms with Crippen molar-refractivity contribution in [1.82, 2.24) is 0 Å². The topological polar surface area (TPSA) is 33.0 Å². The van der Waals surface area contributed by atoms with Gasteiger partial charge in [-0.2, -0.15) is 5.26 Å². The van der Waals surface area contributed by atoms with Crippen molar-refractivity contribution in [2.45, 2.75) is 0 Å². The molecule has 0 aliphatic heterocycles. The third kappa shape index (κ3) is 2.03. The molecular weight excluding hydrogens is 236 g/mol. The Hall–Kier alpha value is -2.41. The number of ether oxygens (including phenoxy) is 1. The Morgan fingerprint density at radius 2 is 1.72 bits per heavy atom. The second-order valence-corrected chi connectivity index (χ2v) is 3.63. The van der Waals surface area contributed by atoms with Gasteiger partial charge in [-0.25, -0.2) is 8.78 Å². The molecule has 0 N–H and O–H groups in total. The molecule has 2 aromatic carbocycles.